The van der Waals surface area contributed by atoms with Crippen molar-refractivity contribution >= 4 is 33.5 Å². The van der Waals surface area contributed by atoms with E-state index in [1.807, 2.05) is 30.3 Å². The lowest BCUT2D eigenvalue weighted by Gasteiger charge is -2.21. The Bertz CT molecular complexity index is 1340. The molecule has 3 aromatic carbocycles. The minimum atomic E-state index is -3.82. The lowest BCUT2D eigenvalue weighted by Crippen LogP contribution is -2.30. The highest BCUT2D eigenvalue weighted by molar-refractivity contribution is 7.89. The fourth-order valence-corrected chi connectivity index (χ4v) is 4.68. The van der Waals surface area contributed by atoms with Crippen LogP contribution in [-0.2, 0) is 23.1 Å². The molecular formula is C25H20ClFN2O3S. The third kappa shape index (κ3) is 5.96. The third-order valence-corrected chi connectivity index (χ3v) is 6.89. The van der Waals surface area contributed by atoms with Crippen LogP contribution >= 0.6 is 11.6 Å². The molecule has 1 heterocycles. The SMILES string of the molecule is O=S(=O)(c1ccc(Cl)cc1)N(Cc1ccccc1)Cc1ccc(C=Nc2ccc(F)cc2)o1. The van der Waals surface area contributed by atoms with Crippen LogP contribution < -0.4 is 0 Å². The minimum absolute atomic E-state index is 0.0320. The third-order valence-electron chi connectivity index (χ3n) is 4.84. The topological polar surface area (TPSA) is 62.9 Å². The molecule has 0 bridgehead atoms. The van der Waals surface area contributed by atoms with Gasteiger partial charge in [0.25, 0.3) is 0 Å². The lowest BCUT2D eigenvalue weighted by molar-refractivity contribution is 0.357. The quantitative estimate of drug-likeness (QED) is 0.280. The van der Waals surface area contributed by atoms with Gasteiger partial charge in [0.1, 0.15) is 17.3 Å². The zero-order valence-corrected chi connectivity index (χ0v) is 19.0. The summed E-state index contributed by atoms with van der Waals surface area (Å²) in [4.78, 5) is 4.40. The highest BCUT2D eigenvalue weighted by Crippen LogP contribution is 2.23. The van der Waals surface area contributed by atoms with E-state index >= 15 is 0 Å². The summed E-state index contributed by atoms with van der Waals surface area (Å²) in [6.45, 7) is 0.204. The van der Waals surface area contributed by atoms with Crippen LogP contribution in [-0.4, -0.2) is 18.9 Å². The molecule has 0 N–H and O–H groups in total. The molecule has 0 atom stereocenters. The Hall–Kier alpha value is -3.26. The van der Waals surface area contributed by atoms with Crippen molar-refractivity contribution in [2.24, 2.45) is 4.99 Å². The molecule has 0 saturated carbocycles. The fraction of sp³-hybridized carbons (Fsp3) is 0.0800. The number of furan rings is 1. The first-order valence-electron chi connectivity index (χ1n) is 10.1. The van der Waals surface area contributed by atoms with E-state index in [2.05, 4.69) is 4.99 Å². The summed E-state index contributed by atoms with van der Waals surface area (Å²) in [5, 5.41) is 0.458. The maximum Gasteiger partial charge on any atom is 0.243 e. The van der Waals surface area contributed by atoms with Crippen molar-refractivity contribution in [2.75, 3.05) is 0 Å². The van der Waals surface area contributed by atoms with Crippen LogP contribution in [0.15, 0.2) is 105 Å². The summed E-state index contributed by atoms with van der Waals surface area (Å²) in [7, 11) is -3.82. The zero-order valence-electron chi connectivity index (χ0n) is 17.4. The molecule has 0 saturated heterocycles. The smallest absolute Gasteiger partial charge is 0.243 e. The maximum atomic E-state index is 13.4. The van der Waals surface area contributed by atoms with E-state index in [0.717, 1.165) is 5.56 Å². The monoisotopic (exact) mass is 482 g/mol. The van der Waals surface area contributed by atoms with Gasteiger partial charge in [0, 0.05) is 11.6 Å². The molecule has 0 aliphatic carbocycles. The van der Waals surface area contributed by atoms with Crippen LogP contribution in [0.25, 0.3) is 0 Å². The Balaban J connectivity index is 1.57. The summed E-state index contributed by atoms with van der Waals surface area (Å²) in [6, 6.07) is 24.6. The molecule has 1 aromatic heterocycles. The van der Waals surface area contributed by atoms with Crippen LogP contribution in [0.2, 0.25) is 5.02 Å². The predicted molar refractivity (Wildman–Crippen MR) is 127 cm³/mol. The summed E-state index contributed by atoms with van der Waals surface area (Å²) in [6.07, 6.45) is 1.51. The van der Waals surface area contributed by atoms with E-state index in [1.165, 1.54) is 34.8 Å². The van der Waals surface area contributed by atoms with Crippen LogP contribution in [0.4, 0.5) is 10.1 Å². The second-order valence-electron chi connectivity index (χ2n) is 7.25. The maximum absolute atomic E-state index is 13.4. The largest absolute Gasteiger partial charge is 0.459 e. The molecule has 8 heteroatoms. The molecule has 0 aliphatic heterocycles. The van der Waals surface area contributed by atoms with Gasteiger partial charge in [0.05, 0.1) is 23.3 Å². The molecule has 0 amide bonds. The van der Waals surface area contributed by atoms with Gasteiger partial charge >= 0.3 is 0 Å². The Labute approximate surface area is 196 Å². The van der Waals surface area contributed by atoms with E-state index in [4.69, 9.17) is 16.0 Å². The molecule has 5 nitrogen and oxygen atoms in total. The predicted octanol–water partition coefficient (Wildman–Crippen LogP) is 6.21. The van der Waals surface area contributed by atoms with Crippen molar-refractivity contribution in [2.45, 2.75) is 18.0 Å². The highest BCUT2D eigenvalue weighted by Gasteiger charge is 2.26. The molecule has 0 unspecified atom stereocenters. The molecule has 168 valence electrons. The molecule has 4 aromatic rings. The Morgan fingerprint density at radius 1 is 0.879 bits per heavy atom. The number of rotatable bonds is 8. The number of aliphatic imine (C=N–C) groups is 1. The zero-order chi connectivity index (χ0) is 23.3. The van der Waals surface area contributed by atoms with Crippen molar-refractivity contribution in [3.63, 3.8) is 0 Å². The van der Waals surface area contributed by atoms with Crippen LogP contribution in [0, 0.1) is 5.82 Å². The molecular weight excluding hydrogens is 463 g/mol. The van der Waals surface area contributed by atoms with E-state index in [-0.39, 0.29) is 23.8 Å². The lowest BCUT2D eigenvalue weighted by atomic mass is 10.2. The van der Waals surface area contributed by atoms with E-state index in [0.29, 0.717) is 22.2 Å². The molecule has 0 fully saturated rings. The average Bonchev–Trinajstić information content (AvgIpc) is 3.27. The summed E-state index contributed by atoms with van der Waals surface area (Å²) < 4.78 is 47.0. The van der Waals surface area contributed by atoms with Gasteiger partial charge in [0.15, 0.2) is 0 Å². The van der Waals surface area contributed by atoms with Gasteiger partial charge in [-0.15, -0.1) is 0 Å². The van der Waals surface area contributed by atoms with Gasteiger partial charge in [-0.25, -0.2) is 12.8 Å². The van der Waals surface area contributed by atoms with Gasteiger partial charge < -0.3 is 4.42 Å². The molecule has 4 rings (SSSR count). The van der Waals surface area contributed by atoms with Crippen molar-refractivity contribution in [3.8, 4) is 0 Å². The Morgan fingerprint density at radius 2 is 1.58 bits per heavy atom. The molecule has 0 spiro atoms. The fourth-order valence-electron chi connectivity index (χ4n) is 3.16. The number of hydrogen-bond donors (Lipinski definition) is 0. The van der Waals surface area contributed by atoms with Crippen LogP contribution in [0.5, 0.6) is 0 Å². The molecule has 33 heavy (non-hydrogen) atoms. The summed E-state index contributed by atoms with van der Waals surface area (Å²) in [5.74, 6) is 0.580. The normalized spacial score (nSPS) is 12.0. The van der Waals surface area contributed by atoms with Gasteiger partial charge in [-0.05, 0) is 66.2 Å². The average molecular weight is 483 g/mol. The van der Waals surface area contributed by atoms with Crippen LogP contribution in [0.3, 0.4) is 0 Å². The van der Waals surface area contributed by atoms with Crippen molar-refractivity contribution < 1.29 is 17.2 Å². The van der Waals surface area contributed by atoms with Crippen LogP contribution in [0.1, 0.15) is 17.1 Å². The Morgan fingerprint density at radius 3 is 2.27 bits per heavy atom. The minimum Gasteiger partial charge on any atom is -0.459 e. The highest BCUT2D eigenvalue weighted by atomic mass is 35.5. The van der Waals surface area contributed by atoms with Gasteiger partial charge in [-0.1, -0.05) is 41.9 Å². The first-order valence-corrected chi connectivity index (χ1v) is 11.9. The van der Waals surface area contributed by atoms with Crippen molar-refractivity contribution in [1.29, 1.82) is 0 Å². The van der Waals surface area contributed by atoms with E-state index < -0.39 is 10.0 Å². The number of hydrogen-bond acceptors (Lipinski definition) is 4. The number of halogens is 2. The molecule has 0 radical (unpaired) electrons. The second-order valence-corrected chi connectivity index (χ2v) is 9.63. The van der Waals surface area contributed by atoms with Gasteiger partial charge in [0.2, 0.25) is 10.0 Å². The second kappa shape index (κ2) is 10.1. The first-order chi connectivity index (χ1) is 15.9. The number of sulfonamides is 1. The van der Waals surface area contributed by atoms with E-state index in [9.17, 15) is 12.8 Å². The van der Waals surface area contributed by atoms with Crippen molar-refractivity contribution in [3.05, 3.63) is 119 Å². The van der Waals surface area contributed by atoms with Gasteiger partial charge in [-0.2, -0.15) is 4.31 Å². The summed E-state index contributed by atoms with van der Waals surface area (Å²) in [5.41, 5.74) is 1.42. The van der Waals surface area contributed by atoms with E-state index in [1.54, 1.807) is 36.4 Å². The number of nitrogens with zero attached hydrogens (tertiary/aromatic N) is 2. The standard InChI is InChI=1S/C25H20ClFN2O3S/c26-20-6-14-25(15-7-20)33(30,31)29(17-19-4-2-1-3-5-19)18-24-13-12-23(32-24)16-28-22-10-8-21(27)9-11-22/h1-16H,17-18H2. The first kappa shape index (κ1) is 22.9. The molecule has 0 aliphatic rings. The summed E-state index contributed by atoms with van der Waals surface area (Å²) >= 11 is 5.93. The Kier molecular flexibility index (Phi) is 7.03. The van der Waals surface area contributed by atoms with Gasteiger partial charge in [-0.3, -0.25) is 4.99 Å². The number of benzene rings is 3. The van der Waals surface area contributed by atoms with Crippen molar-refractivity contribution in [1.82, 2.24) is 4.31 Å².